The van der Waals surface area contributed by atoms with Crippen LogP contribution in [0.4, 0.5) is 5.13 Å². The number of nitrogens with one attached hydrogen (secondary N) is 1. The van der Waals surface area contributed by atoms with Gasteiger partial charge in [-0.1, -0.05) is 39.9 Å². The summed E-state index contributed by atoms with van der Waals surface area (Å²) in [6, 6.07) is 2.30. The lowest BCUT2D eigenvalue weighted by molar-refractivity contribution is -0.151. The fourth-order valence-corrected chi connectivity index (χ4v) is 10.1. The number of β-lactam (4-membered cyclic amide) rings is 1. The van der Waals surface area contributed by atoms with Crippen LogP contribution < -0.4 is 16.5 Å². The summed E-state index contributed by atoms with van der Waals surface area (Å²) >= 11 is 11.8. The third-order valence-electron chi connectivity index (χ3n) is 5.48. The van der Waals surface area contributed by atoms with Crippen molar-refractivity contribution in [3.8, 4) is 0 Å². The van der Waals surface area contributed by atoms with E-state index in [4.69, 9.17) is 17.3 Å². The second-order valence-electron chi connectivity index (χ2n) is 7.69. The maximum Gasteiger partial charge on any atom is 0.322 e. The number of hydrogen-bond donors (Lipinski definition) is 4. The molecule has 0 aromatic carbocycles. The van der Waals surface area contributed by atoms with Crippen LogP contribution in [-0.2, 0) is 14.4 Å². The lowest BCUT2D eigenvalue weighted by atomic mass is 10.0. The topological polar surface area (TPSA) is 175 Å². The summed E-state index contributed by atoms with van der Waals surface area (Å²) in [7, 11) is 0. The Morgan fingerprint density at radius 1 is 1.36 bits per heavy atom. The third-order valence-corrected chi connectivity index (χ3v) is 11.9. The first kappa shape index (κ1) is 25.3. The predicted molar refractivity (Wildman–Crippen MR) is 142 cm³/mol. The van der Waals surface area contributed by atoms with E-state index in [2.05, 4.69) is 15.5 Å². The van der Waals surface area contributed by atoms with Gasteiger partial charge in [0.2, 0.25) is 5.91 Å². The number of nitrogen functional groups attached to an aromatic ring is 1. The predicted octanol–water partition coefficient (Wildman–Crippen LogP) is 2.21. The van der Waals surface area contributed by atoms with Gasteiger partial charge in [-0.3, -0.25) is 19.2 Å². The number of aromatic nitrogens is 1. The number of carbonyl (C=O) groups excluding carboxylic acids is 2. The quantitative estimate of drug-likeness (QED) is 0.141. The van der Waals surface area contributed by atoms with E-state index in [-0.39, 0.29) is 32.9 Å². The first-order chi connectivity index (χ1) is 17.1. The number of oxime groups is 1. The molecule has 2 aliphatic rings. The number of carboxylic acid groups (broad SMARTS) is 1. The summed E-state index contributed by atoms with van der Waals surface area (Å²) in [5, 5.41) is 26.3. The first-order valence-corrected chi connectivity index (χ1v) is 14.7. The zero-order valence-electron chi connectivity index (χ0n) is 17.7. The molecule has 0 aliphatic carbocycles. The van der Waals surface area contributed by atoms with Gasteiger partial charge in [0.15, 0.2) is 16.3 Å². The van der Waals surface area contributed by atoms with Gasteiger partial charge in [-0.15, -0.1) is 34.4 Å². The van der Waals surface area contributed by atoms with E-state index in [1.54, 1.807) is 0 Å². The van der Waals surface area contributed by atoms with E-state index in [9.17, 15) is 29.5 Å². The van der Waals surface area contributed by atoms with Crippen LogP contribution in [0.3, 0.4) is 0 Å². The molecule has 0 spiro atoms. The Kier molecular flexibility index (Phi) is 6.67. The fraction of sp³-hybridized carbons (Fsp3) is 0.263. The molecule has 0 saturated carbocycles. The number of anilines is 1. The first-order valence-electron chi connectivity index (χ1n) is 9.94. The van der Waals surface area contributed by atoms with Crippen molar-refractivity contribution in [2.45, 2.75) is 20.4 Å². The Morgan fingerprint density at radius 3 is 2.81 bits per heavy atom. The lowest BCUT2D eigenvalue weighted by Gasteiger charge is -2.53. The average Bonchev–Trinajstić information content (AvgIpc) is 3.44. The van der Waals surface area contributed by atoms with Crippen LogP contribution >= 0.6 is 69.1 Å². The third kappa shape index (κ3) is 4.24. The number of carbonyl (C=O) groups is 3. The molecular formula is C19H14ClN5O6S5. The van der Waals surface area contributed by atoms with E-state index in [1.165, 1.54) is 45.4 Å². The van der Waals surface area contributed by atoms with Crippen molar-refractivity contribution in [1.82, 2.24) is 15.2 Å². The molecule has 2 unspecified atom stereocenters. The van der Waals surface area contributed by atoms with Gasteiger partial charge in [0.05, 0.1) is 13.6 Å². The van der Waals surface area contributed by atoms with Gasteiger partial charge in [-0.05, 0) is 11.4 Å². The maximum absolute atomic E-state index is 12.9. The van der Waals surface area contributed by atoms with Crippen molar-refractivity contribution >= 4 is 107 Å². The Labute approximate surface area is 227 Å². The van der Waals surface area contributed by atoms with Crippen LogP contribution in [-0.4, -0.2) is 72.2 Å². The number of thiazole rings is 1. The second kappa shape index (κ2) is 9.50. The largest absolute Gasteiger partial charge is 0.480 e. The molecule has 36 heavy (non-hydrogen) atoms. The summed E-state index contributed by atoms with van der Waals surface area (Å²) in [5.74, 6) is -2.32. The molecule has 5 N–H and O–H groups in total. The number of hydrogen-bond acceptors (Lipinski definition) is 13. The Bertz CT molecular complexity index is 1500. The van der Waals surface area contributed by atoms with Crippen molar-refractivity contribution < 1.29 is 24.7 Å². The molecule has 3 aromatic rings. The molecule has 5 rings (SSSR count). The zero-order chi connectivity index (χ0) is 25.8. The summed E-state index contributed by atoms with van der Waals surface area (Å²) in [6.45, 7) is -0.103. The lowest BCUT2D eigenvalue weighted by Crippen LogP contribution is -2.74. The number of amides is 2. The highest BCUT2D eigenvalue weighted by Crippen LogP contribution is 2.47. The number of halogens is 1. The molecule has 11 nitrogen and oxygen atoms in total. The molecule has 0 bridgehead atoms. The molecule has 2 fully saturated rings. The summed E-state index contributed by atoms with van der Waals surface area (Å²) in [6.07, 6.45) is 0. The second-order valence-corrected chi connectivity index (χ2v) is 14.1. The Balaban J connectivity index is 1.32. The summed E-state index contributed by atoms with van der Waals surface area (Å²) in [4.78, 5) is 55.6. The van der Waals surface area contributed by atoms with Crippen LogP contribution in [0, 0.1) is 0 Å². The van der Waals surface area contributed by atoms with E-state index in [0.717, 1.165) is 27.8 Å². The normalized spacial score (nSPS) is 23.9. The van der Waals surface area contributed by atoms with Crippen molar-refractivity contribution in [2.75, 3.05) is 18.0 Å². The highest BCUT2D eigenvalue weighted by molar-refractivity contribution is 8.06. The molecule has 0 radical (unpaired) electrons. The smallest absolute Gasteiger partial charge is 0.322 e. The molecular weight excluding hydrogens is 590 g/mol. The van der Waals surface area contributed by atoms with Gasteiger partial charge < -0.3 is 26.3 Å². The van der Waals surface area contributed by atoms with Crippen molar-refractivity contribution in [3.05, 3.63) is 37.8 Å². The van der Waals surface area contributed by atoms with Crippen LogP contribution in [0.2, 0.25) is 4.34 Å². The number of nitrogens with zero attached hydrogens (tertiary/aromatic N) is 3. The maximum atomic E-state index is 12.9. The van der Waals surface area contributed by atoms with Crippen LogP contribution in [0.25, 0.3) is 9.40 Å². The van der Waals surface area contributed by atoms with E-state index in [1.807, 2.05) is 11.4 Å². The molecule has 17 heteroatoms. The number of thioether (sulfide) groups is 2. The number of aliphatic carboxylic acids is 1. The van der Waals surface area contributed by atoms with Crippen molar-refractivity contribution in [2.24, 2.45) is 5.16 Å². The van der Waals surface area contributed by atoms with Gasteiger partial charge in [0.1, 0.15) is 26.2 Å². The molecule has 3 aromatic heterocycles. The average molecular weight is 604 g/mol. The molecule has 2 aliphatic heterocycles. The van der Waals surface area contributed by atoms with Gasteiger partial charge in [0.25, 0.3) is 5.91 Å². The molecule has 2 saturated heterocycles. The summed E-state index contributed by atoms with van der Waals surface area (Å²) < 4.78 is 0.629. The minimum atomic E-state index is -1.37. The van der Waals surface area contributed by atoms with Gasteiger partial charge in [-0.2, -0.15) is 0 Å². The highest BCUT2D eigenvalue weighted by atomic mass is 35.5. The SMILES string of the molecule is Nc1nc(C(=NO)C(=O)NC2C(=O)N3CC(Sc4cc(=O)c5sccc5s4)(C(=O)O)CS[C@H]23)c(Cl)s1. The van der Waals surface area contributed by atoms with Gasteiger partial charge >= 0.3 is 5.97 Å². The molecule has 188 valence electrons. The summed E-state index contributed by atoms with van der Waals surface area (Å²) in [5.41, 5.74) is 4.81. The number of fused-ring (bicyclic) bond motifs is 2. The Hall–Kier alpha value is -2.37. The standard InChI is InChI=1S/C19H14ClN5O6S5/c20-13-9(23-18(21)35-13)10(24-31)14(27)22-11-15(28)25-4-19(17(29)30,5-33-16(11)25)36-8-3-6(26)12-7(34-8)1-2-32-12/h1-3,11,16,31H,4-5H2,(H2,21,23)(H,22,27)(H,29,30)/t11?,16-,19?/m1/s1. The van der Waals surface area contributed by atoms with E-state index >= 15 is 0 Å². The minimum Gasteiger partial charge on any atom is -0.480 e. The number of carboxylic acids is 1. The van der Waals surface area contributed by atoms with Crippen molar-refractivity contribution in [3.63, 3.8) is 0 Å². The fourth-order valence-electron chi connectivity index (χ4n) is 3.77. The zero-order valence-corrected chi connectivity index (χ0v) is 22.5. The van der Waals surface area contributed by atoms with Gasteiger partial charge in [0, 0.05) is 18.4 Å². The van der Waals surface area contributed by atoms with Crippen LogP contribution in [0.1, 0.15) is 5.69 Å². The molecule has 5 heterocycles. The highest BCUT2D eigenvalue weighted by Gasteiger charge is 2.58. The number of rotatable bonds is 6. The molecule has 2 amide bonds. The minimum absolute atomic E-state index is 0.0512. The van der Waals surface area contributed by atoms with Crippen LogP contribution in [0.15, 0.2) is 31.7 Å². The van der Waals surface area contributed by atoms with Crippen molar-refractivity contribution in [1.29, 1.82) is 0 Å². The van der Waals surface area contributed by atoms with E-state index in [0.29, 0.717) is 8.91 Å². The Morgan fingerprint density at radius 2 is 2.14 bits per heavy atom. The van der Waals surface area contributed by atoms with Crippen LogP contribution in [0.5, 0.6) is 0 Å². The molecule has 3 atom stereocenters. The monoisotopic (exact) mass is 603 g/mol. The number of thiophene rings is 1. The van der Waals surface area contributed by atoms with E-state index < -0.39 is 39.7 Å². The number of nitrogens with two attached hydrogens (primary N) is 1. The van der Waals surface area contributed by atoms with Gasteiger partial charge in [-0.25, -0.2) is 4.98 Å².